The van der Waals surface area contributed by atoms with Crippen molar-refractivity contribution in [3.63, 3.8) is 0 Å². The first kappa shape index (κ1) is 22.5. The molecule has 1 heterocycles. The molecule has 6 nitrogen and oxygen atoms in total. The van der Waals surface area contributed by atoms with Crippen LogP contribution in [0.4, 0.5) is 0 Å². The summed E-state index contributed by atoms with van der Waals surface area (Å²) in [5.41, 5.74) is 0.529. The van der Waals surface area contributed by atoms with Gasteiger partial charge in [0.05, 0.1) is 31.8 Å². The Hall–Kier alpha value is -1.79. The molecule has 1 unspecified atom stereocenters. The Labute approximate surface area is 169 Å². The molecular formula is C22H36N2O4. The number of carbonyl (C=O) groups is 1. The summed E-state index contributed by atoms with van der Waals surface area (Å²) in [5, 5.41) is 6.49. The monoisotopic (exact) mass is 392 g/mol. The smallest absolute Gasteiger partial charge is 0.229 e. The van der Waals surface area contributed by atoms with Gasteiger partial charge in [0, 0.05) is 7.11 Å². The summed E-state index contributed by atoms with van der Waals surface area (Å²) in [5.74, 6) is 2.07. The van der Waals surface area contributed by atoms with Crippen LogP contribution in [0.25, 0.3) is 0 Å². The fourth-order valence-corrected chi connectivity index (χ4v) is 3.53. The molecule has 2 N–H and O–H groups in total. The zero-order chi connectivity index (χ0) is 20.6. The first-order chi connectivity index (χ1) is 13.4. The number of amides is 1. The molecule has 1 aliphatic rings. The first-order valence-electron chi connectivity index (χ1n) is 10.2. The maximum atomic E-state index is 13.0. The van der Waals surface area contributed by atoms with Crippen LogP contribution in [0.15, 0.2) is 18.2 Å². The van der Waals surface area contributed by atoms with Gasteiger partial charge in [0.1, 0.15) is 0 Å². The van der Waals surface area contributed by atoms with Gasteiger partial charge in [0.15, 0.2) is 11.5 Å². The van der Waals surface area contributed by atoms with E-state index >= 15 is 0 Å². The molecule has 28 heavy (non-hydrogen) atoms. The Morgan fingerprint density at radius 2 is 1.89 bits per heavy atom. The Kier molecular flexibility index (Phi) is 8.58. The largest absolute Gasteiger partial charge is 0.493 e. The van der Waals surface area contributed by atoms with Crippen molar-refractivity contribution in [2.24, 2.45) is 11.3 Å². The Balaban J connectivity index is 2.06. The topological polar surface area (TPSA) is 68.8 Å². The quantitative estimate of drug-likeness (QED) is 0.639. The Morgan fingerprint density at radius 3 is 2.50 bits per heavy atom. The standard InChI is InChI=1S/C22H36N2O4/c1-16(2)8-13-28-19-7-6-18(14-20(19)27-5)17(3)24-21(25)22(15-26-4)9-11-23-12-10-22/h6-7,14,16-17,23H,8-13,15H2,1-5H3,(H,24,25). The number of rotatable bonds is 10. The van der Waals surface area contributed by atoms with Crippen LogP contribution in [0.3, 0.4) is 0 Å². The van der Waals surface area contributed by atoms with E-state index in [0.29, 0.717) is 24.9 Å². The minimum Gasteiger partial charge on any atom is -0.493 e. The van der Waals surface area contributed by atoms with E-state index in [1.807, 2.05) is 25.1 Å². The number of nitrogens with one attached hydrogen (secondary N) is 2. The van der Waals surface area contributed by atoms with Crippen LogP contribution >= 0.6 is 0 Å². The molecule has 1 saturated heterocycles. The fraction of sp³-hybridized carbons (Fsp3) is 0.682. The minimum absolute atomic E-state index is 0.0552. The van der Waals surface area contributed by atoms with E-state index in [0.717, 1.165) is 43.7 Å². The summed E-state index contributed by atoms with van der Waals surface area (Å²) in [6, 6.07) is 5.73. The van der Waals surface area contributed by atoms with Gasteiger partial charge in [-0.1, -0.05) is 19.9 Å². The number of hydrogen-bond acceptors (Lipinski definition) is 5. The first-order valence-corrected chi connectivity index (χ1v) is 10.2. The van der Waals surface area contributed by atoms with Gasteiger partial charge in [-0.25, -0.2) is 0 Å². The van der Waals surface area contributed by atoms with Crippen LogP contribution in [-0.2, 0) is 9.53 Å². The molecule has 1 amide bonds. The second-order valence-electron chi connectivity index (χ2n) is 8.10. The molecule has 1 fully saturated rings. The lowest BCUT2D eigenvalue weighted by Crippen LogP contribution is -2.50. The molecule has 0 aliphatic carbocycles. The van der Waals surface area contributed by atoms with Crippen LogP contribution in [0.2, 0.25) is 0 Å². The number of ether oxygens (including phenoxy) is 3. The highest BCUT2D eigenvalue weighted by molar-refractivity contribution is 5.83. The molecule has 1 aromatic rings. The van der Waals surface area contributed by atoms with Crippen molar-refractivity contribution in [2.75, 3.05) is 40.5 Å². The SMILES string of the molecule is COCC1(C(=O)NC(C)c2ccc(OCCC(C)C)c(OC)c2)CCNCC1. The van der Waals surface area contributed by atoms with Crippen LogP contribution in [0, 0.1) is 11.3 Å². The van der Waals surface area contributed by atoms with Crippen LogP contribution < -0.4 is 20.1 Å². The van der Waals surface area contributed by atoms with Gasteiger partial charge in [-0.05, 0) is 62.9 Å². The van der Waals surface area contributed by atoms with Gasteiger partial charge in [0.25, 0.3) is 0 Å². The van der Waals surface area contributed by atoms with E-state index in [1.54, 1.807) is 14.2 Å². The van der Waals surface area contributed by atoms with Crippen LogP contribution in [0.1, 0.15) is 51.6 Å². The Morgan fingerprint density at radius 1 is 1.18 bits per heavy atom. The molecule has 1 aliphatic heterocycles. The minimum atomic E-state index is -0.460. The third-order valence-corrected chi connectivity index (χ3v) is 5.45. The molecular weight excluding hydrogens is 356 g/mol. The van der Waals surface area contributed by atoms with Crippen molar-refractivity contribution in [3.05, 3.63) is 23.8 Å². The van der Waals surface area contributed by atoms with Gasteiger partial charge < -0.3 is 24.8 Å². The van der Waals surface area contributed by atoms with Gasteiger partial charge in [-0.2, -0.15) is 0 Å². The predicted molar refractivity (Wildman–Crippen MR) is 111 cm³/mol. The summed E-state index contributed by atoms with van der Waals surface area (Å²) < 4.78 is 16.7. The average Bonchev–Trinajstić information content (AvgIpc) is 2.68. The molecule has 0 saturated carbocycles. The van der Waals surface area contributed by atoms with E-state index in [-0.39, 0.29) is 11.9 Å². The van der Waals surface area contributed by atoms with Gasteiger partial charge in [-0.15, -0.1) is 0 Å². The number of carbonyl (C=O) groups excluding carboxylic acids is 1. The van der Waals surface area contributed by atoms with Gasteiger partial charge >= 0.3 is 0 Å². The average molecular weight is 393 g/mol. The maximum Gasteiger partial charge on any atom is 0.229 e. The van der Waals surface area contributed by atoms with E-state index in [9.17, 15) is 4.79 Å². The lowest BCUT2D eigenvalue weighted by Gasteiger charge is -2.36. The van der Waals surface area contributed by atoms with E-state index in [1.165, 1.54) is 0 Å². The summed E-state index contributed by atoms with van der Waals surface area (Å²) in [7, 11) is 3.30. The molecule has 158 valence electrons. The predicted octanol–water partition coefficient (Wildman–Crippen LogP) is 3.31. The highest BCUT2D eigenvalue weighted by Gasteiger charge is 2.40. The Bertz CT molecular complexity index is 621. The van der Waals surface area contributed by atoms with Crippen molar-refractivity contribution in [3.8, 4) is 11.5 Å². The molecule has 1 atom stereocenters. The van der Waals surface area contributed by atoms with Gasteiger partial charge in [0.2, 0.25) is 5.91 Å². The van der Waals surface area contributed by atoms with Crippen LogP contribution in [-0.4, -0.2) is 46.4 Å². The van der Waals surface area contributed by atoms with Crippen molar-refractivity contribution < 1.29 is 19.0 Å². The zero-order valence-electron chi connectivity index (χ0n) is 18.0. The van der Waals surface area contributed by atoms with Crippen molar-refractivity contribution in [1.29, 1.82) is 0 Å². The van der Waals surface area contributed by atoms with Crippen LogP contribution in [0.5, 0.6) is 11.5 Å². The number of benzene rings is 1. The number of piperidine rings is 1. The molecule has 0 bridgehead atoms. The highest BCUT2D eigenvalue weighted by Crippen LogP contribution is 2.33. The molecule has 0 radical (unpaired) electrons. The lowest BCUT2D eigenvalue weighted by atomic mass is 9.78. The summed E-state index contributed by atoms with van der Waals surface area (Å²) in [6.45, 7) is 9.11. The molecule has 6 heteroatoms. The number of hydrogen-bond donors (Lipinski definition) is 2. The van der Waals surface area contributed by atoms with E-state index < -0.39 is 5.41 Å². The molecule has 1 aromatic carbocycles. The van der Waals surface area contributed by atoms with Gasteiger partial charge in [-0.3, -0.25) is 4.79 Å². The number of methoxy groups -OCH3 is 2. The second kappa shape index (κ2) is 10.7. The van der Waals surface area contributed by atoms with E-state index in [4.69, 9.17) is 14.2 Å². The highest BCUT2D eigenvalue weighted by atomic mass is 16.5. The second-order valence-corrected chi connectivity index (χ2v) is 8.10. The molecule has 0 spiro atoms. The fourth-order valence-electron chi connectivity index (χ4n) is 3.53. The summed E-state index contributed by atoms with van der Waals surface area (Å²) in [4.78, 5) is 13.0. The maximum absolute atomic E-state index is 13.0. The third-order valence-electron chi connectivity index (χ3n) is 5.45. The van der Waals surface area contributed by atoms with Crippen molar-refractivity contribution in [1.82, 2.24) is 10.6 Å². The lowest BCUT2D eigenvalue weighted by molar-refractivity contribution is -0.136. The zero-order valence-corrected chi connectivity index (χ0v) is 18.0. The summed E-state index contributed by atoms with van der Waals surface area (Å²) in [6.07, 6.45) is 2.56. The van der Waals surface area contributed by atoms with E-state index in [2.05, 4.69) is 24.5 Å². The molecule has 2 rings (SSSR count). The van der Waals surface area contributed by atoms with Crippen molar-refractivity contribution in [2.45, 2.75) is 46.1 Å². The third kappa shape index (κ3) is 5.85. The summed E-state index contributed by atoms with van der Waals surface area (Å²) >= 11 is 0. The molecule has 0 aromatic heterocycles. The van der Waals surface area contributed by atoms with Crippen molar-refractivity contribution >= 4 is 5.91 Å². The normalized spacial score (nSPS) is 17.2.